The van der Waals surface area contributed by atoms with Gasteiger partial charge in [-0.05, 0) is 6.42 Å². The third-order valence-electron chi connectivity index (χ3n) is 3.00. The van der Waals surface area contributed by atoms with Crippen molar-refractivity contribution in [1.82, 2.24) is 4.90 Å². The third-order valence-corrected chi connectivity index (χ3v) is 3.00. The van der Waals surface area contributed by atoms with Crippen LogP contribution in [-0.4, -0.2) is 55.4 Å². The summed E-state index contributed by atoms with van der Waals surface area (Å²) in [4.78, 5) is 13.7. The van der Waals surface area contributed by atoms with Crippen LogP contribution in [0, 0.1) is 0 Å². The van der Waals surface area contributed by atoms with Gasteiger partial charge in [0.1, 0.15) is 0 Å². The molecule has 0 fully saturated rings. The van der Waals surface area contributed by atoms with Gasteiger partial charge in [0.05, 0.1) is 19.1 Å². The Morgan fingerprint density at radius 2 is 2.06 bits per heavy atom. The second-order valence-electron chi connectivity index (χ2n) is 4.46. The molecular weight excluding hydrogens is 232 g/mol. The van der Waals surface area contributed by atoms with Gasteiger partial charge in [0.25, 0.3) is 0 Å². The number of nitrogens with zero attached hydrogens (tertiary/aromatic N) is 1. The molecule has 1 amide bonds. The standard InChI is InChI=1S/C13H28N2O3/c1-3-4-5-6-7-15(8-9-16)13(17)10-12(11-14)18-2/h12,16H,3-11,14H2,1-2H3. The van der Waals surface area contributed by atoms with E-state index in [9.17, 15) is 4.79 Å². The van der Waals surface area contributed by atoms with Crippen LogP contribution in [0.4, 0.5) is 0 Å². The average molecular weight is 260 g/mol. The van der Waals surface area contributed by atoms with Crippen molar-refractivity contribution in [3.8, 4) is 0 Å². The minimum absolute atomic E-state index is 0.000207. The van der Waals surface area contributed by atoms with E-state index < -0.39 is 0 Å². The van der Waals surface area contributed by atoms with Gasteiger partial charge in [-0.3, -0.25) is 4.79 Å². The van der Waals surface area contributed by atoms with E-state index in [1.54, 1.807) is 12.0 Å². The lowest BCUT2D eigenvalue weighted by molar-refractivity contribution is -0.134. The van der Waals surface area contributed by atoms with E-state index in [-0.39, 0.29) is 18.6 Å². The van der Waals surface area contributed by atoms with Crippen molar-refractivity contribution in [2.24, 2.45) is 5.73 Å². The summed E-state index contributed by atoms with van der Waals surface area (Å²) < 4.78 is 5.11. The summed E-state index contributed by atoms with van der Waals surface area (Å²) in [5.41, 5.74) is 5.50. The molecule has 0 radical (unpaired) electrons. The van der Waals surface area contributed by atoms with Crippen molar-refractivity contribution in [2.75, 3.05) is 33.4 Å². The number of nitrogens with two attached hydrogens (primary N) is 1. The molecule has 1 atom stereocenters. The van der Waals surface area contributed by atoms with Crippen LogP contribution < -0.4 is 5.73 Å². The maximum absolute atomic E-state index is 12.0. The van der Waals surface area contributed by atoms with Crippen molar-refractivity contribution in [3.05, 3.63) is 0 Å². The lowest BCUT2D eigenvalue weighted by Crippen LogP contribution is -2.38. The second-order valence-corrected chi connectivity index (χ2v) is 4.46. The predicted octanol–water partition coefficient (Wildman–Crippen LogP) is 0.751. The smallest absolute Gasteiger partial charge is 0.225 e. The van der Waals surface area contributed by atoms with Crippen LogP contribution in [0.15, 0.2) is 0 Å². The summed E-state index contributed by atoms with van der Waals surface area (Å²) in [5, 5.41) is 8.99. The van der Waals surface area contributed by atoms with Crippen LogP contribution >= 0.6 is 0 Å². The predicted molar refractivity (Wildman–Crippen MR) is 72.3 cm³/mol. The summed E-state index contributed by atoms with van der Waals surface area (Å²) in [6.07, 6.45) is 4.53. The Bertz CT molecular complexity index is 208. The first-order chi connectivity index (χ1) is 8.69. The molecule has 0 bridgehead atoms. The Balaban J connectivity index is 4.08. The first-order valence-corrected chi connectivity index (χ1v) is 6.81. The molecule has 5 heteroatoms. The zero-order valence-corrected chi connectivity index (χ0v) is 11.7. The molecule has 0 aliphatic carbocycles. The Kier molecular flexibility index (Phi) is 11.0. The van der Waals surface area contributed by atoms with E-state index in [2.05, 4.69) is 6.92 Å². The van der Waals surface area contributed by atoms with Gasteiger partial charge in [0.2, 0.25) is 5.91 Å². The Morgan fingerprint density at radius 1 is 1.33 bits per heavy atom. The fourth-order valence-corrected chi connectivity index (χ4v) is 1.80. The van der Waals surface area contributed by atoms with Gasteiger partial charge < -0.3 is 20.5 Å². The van der Waals surface area contributed by atoms with Crippen LogP contribution in [0.3, 0.4) is 0 Å². The lowest BCUT2D eigenvalue weighted by Gasteiger charge is -2.23. The van der Waals surface area contributed by atoms with Gasteiger partial charge in [0.15, 0.2) is 0 Å². The van der Waals surface area contributed by atoms with Gasteiger partial charge >= 0.3 is 0 Å². The topological polar surface area (TPSA) is 75.8 Å². The van der Waals surface area contributed by atoms with Crippen LogP contribution in [0.1, 0.15) is 39.0 Å². The minimum Gasteiger partial charge on any atom is -0.395 e. The monoisotopic (exact) mass is 260 g/mol. The molecule has 0 aromatic rings. The number of amides is 1. The van der Waals surface area contributed by atoms with E-state index in [1.165, 1.54) is 12.8 Å². The molecule has 3 N–H and O–H groups in total. The third kappa shape index (κ3) is 7.63. The molecule has 1 unspecified atom stereocenters. The number of aliphatic hydroxyl groups excluding tert-OH is 1. The normalized spacial score (nSPS) is 12.4. The lowest BCUT2D eigenvalue weighted by atomic mass is 10.2. The molecular formula is C13H28N2O3. The molecule has 0 spiro atoms. The van der Waals surface area contributed by atoms with Gasteiger partial charge in [-0.1, -0.05) is 26.2 Å². The summed E-state index contributed by atoms with van der Waals surface area (Å²) in [6.45, 7) is 3.60. The van der Waals surface area contributed by atoms with E-state index in [4.69, 9.17) is 15.6 Å². The second kappa shape index (κ2) is 11.4. The molecule has 0 aromatic heterocycles. The Labute approximate surface area is 110 Å². The fraction of sp³-hybridized carbons (Fsp3) is 0.923. The number of carbonyl (C=O) groups is 1. The molecule has 0 aliphatic heterocycles. The molecule has 0 aliphatic rings. The van der Waals surface area contributed by atoms with Crippen molar-refractivity contribution in [1.29, 1.82) is 0 Å². The number of aliphatic hydroxyl groups is 1. The minimum atomic E-state index is -0.227. The van der Waals surface area contributed by atoms with Crippen LogP contribution in [-0.2, 0) is 9.53 Å². The van der Waals surface area contributed by atoms with E-state index >= 15 is 0 Å². The highest BCUT2D eigenvalue weighted by atomic mass is 16.5. The van der Waals surface area contributed by atoms with E-state index in [1.807, 2.05) is 0 Å². The zero-order valence-electron chi connectivity index (χ0n) is 11.7. The van der Waals surface area contributed by atoms with Crippen LogP contribution in [0.5, 0.6) is 0 Å². The number of hydrogen-bond donors (Lipinski definition) is 2. The highest BCUT2D eigenvalue weighted by Gasteiger charge is 2.17. The van der Waals surface area contributed by atoms with Gasteiger partial charge in [-0.25, -0.2) is 0 Å². The van der Waals surface area contributed by atoms with Crippen molar-refractivity contribution in [3.63, 3.8) is 0 Å². The molecule has 18 heavy (non-hydrogen) atoms. The quantitative estimate of drug-likeness (QED) is 0.538. The molecule has 0 saturated carbocycles. The Morgan fingerprint density at radius 3 is 2.56 bits per heavy atom. The van der Waals surface area contributed by atoms with Crippen LogP contribution in [0.25, 0.3) is 0 Å². The number of unbranched alkanes of at least 4 members (excludes halogenated alkanes) is 3. The van der Waals surface area contributed by atoms with Crippen LogP contribution in [0.2, 0.25) is 0 Å². The van der Waals surface area contributed by atoms with E-state index in [0.717, 1.165) is 12.8 Å². The number of ether oxygens (including phenoxy) is 1. The van der Waals surface area contributed by atoms with Crippen molar-refractivity contribution >= 4 is 5.91 Å². The molecule has 0 saturated heterocycles. The van der Waals surface area contributed by atoms with Gasteiger partial charge in [-0.2, -0.15) is 0 Å². The number of methoxy groups -OCH3 is 1. The van der Waals surface area contributed by atoms with Crippen molar-refractivity contribution in [2.45, 2.75) is 45.1 Å². The molecule has 5 nitrogen and oxygen atoms in total. The zero-order chi connectivity index (χ0) is 13.8. The largest absolute Gasteiger partial charge is 0.395 e. The summed E-state index contributed by atoms with van der Waals surface area (Å²) >= 11 is 0. The van der Waals surface area contributed by atoms with Gasteiger partial charge in [-0.15, -0.1) is 0 Å². The number of carbonyl (C=O) groups excluding carboxylic acids is 1. The molecule has 0 aromatic carbocycles. The fourth-order valence-electron chi connectivity index (χ4n) is 1.80. The Hall–Kier alpha value is -0.650. The average Bonchev–Trinajstić information content (AvgIpc) is 2.39. The van der Waals surface area contributed by atoms with E-state index in [0.29, 0.717) is 26.1 Å². The maximum Gasteiger partial charge on any atom is 0.225 e. The summed E-state index contributed by atoms with van der Waals surface area (Å²) in [6, 6.07) is 0. The SMILES string of the molecule is CCCCCCN(CCO)C(=O)CC(CN)OC. The highest BCUT2D eigenvalue weighted by molar-refractivity contribution is 5.76. The first-order valence-electron chi connectivity index (χ1n) is 6.81. The number of rotatable bonds is 11. The summed E-state index contributed by atoms with van der Waals surface area (Å²) in [7, 11) is 1.56. The first kappa shape index (κ1) is 17.4. The highest BCUT2D eigenvalue weighted by Crippen LogP contribution is 2.05. The van der Waals surface area contributed by atoms with Gasteiger partial charge in [0, 0.05) is 26.7 Å². The molecule has 0 rings (SSSR count). The molecule has 108 valence electrons. The molecule has 0 heterocycles. The summed E-state index contributed by atoms with van der Waals surface area (Å²) in [5.74, 6) is 0.0119. The van der Waals surface area contributed by atoms with Crippen molar-refractivity contribution < 1.29 is 14.6 Å². The number of hydrogen-bond acceptors (Lipinski definition) is 4. The maximum atomic E-state index is 12.0.